The van der Waals surface area contributed by atoms with Gasteiger partial charge in [-0.25, -0.2) is 0 Å². The van der Waals surface area contributed by atoms with Gasteiger partial charge < -0.3 is 14.9 Å². The van der Waals surface area contributed by atoms with Gasteiger partial charge in [0.2, 0.25) is 11.8 Å². The Labute approximate surface area is 213 Å². The van der Waals surface area contributed by atoms with Crippen LogP contribution in [0, 0.1) is 17.8 Å². The number of hydrogen-bond donors (Lipinski definition) is 2. The number of hydrogen-bond acceptors (Lipinski definition) is 7. The Morgan fingerprint density at radius 2 is 1.89 bits per heavy atom. The molecule has 2 N–H and O–H groups in total. The highest BCUT2D eigenvalue weighted by Gasteiger charge is 2.56. The van der Waals surface area contributed by atoms with Crippen LogP contribution < -0.4 is 4.74 Å². The van der Waals surface area contributed by atoms with Crippen LogP contribution in [0.1, 0.15) is 44.1 Å². The number of carbonyl (C=O) groups excluding carboxylic acids is 4. The fourth-order valence-electron chi connectivity index (χ4n) is 6.32. The zero-order valence-corrected chi connectivity index (χ0v) is 20.5. The van der Waals surface area contributed by atoms with Crippen molar-refractivity contribution in [2.45, 2.75) is 38.5 Å². The number of methoxy groups -OCH3 is 1. The molecule has 1 heterocycles. The molecule has 4 atom stereocenters. The van der Waals surface area contributed by atoms with Crippen LogP contribution in [0.5, 0.6) is 11.5 Å². The number of phenols is 1. The van der Waals surface area contributed by atoms with Gasteiger partial charge >= 0.3 is 5.97 Å². The van der Waals surface area contributed by atoms with Crippen molar-refractivity contribution in [3.8, 4) is 11.5 Å². The number of fused-ring (bicyclic) bond motifs is 3. The maximum Gasteiger partial charge on any atom is 0.303 e. The van der Waals surface area contributed by atoms with E-state index in [4.69, 9.17) is 9.84 Å². The highest BCUT2D eigenvalue weighted by Crippen LogP contribution is 2.55. The lowest BCUT2D eigenvalue weighted by molar-refractivity contribution is -0.142. The van der Waals surface area contributed by atoms with E-state index in [2.05, 4.69) is 0 Å². The van der Waals surface area contributed by atoms with Crippen molar-refractivity contribution in [1.29, 1.82) is 0 Å². The minimum Gasteiger partial charge on any atom is -0.504 e. The standard InChI is InChI=1S/C28H27NO8/c1-13-10-20(31)25-18(26(13)34)12-17-15(23(25)14-5-8-21(37-2)19(30)11-14)6-7-16-24(17)28(36)29(27(16)35)9-3-4-22(32)33/h5-6,8,10-11,16-17,23-24,30H,3-4,7,9,12H2,1-2H3,(H,32,33). The third-order valence-electron chi connectivity index (χ3n) is 7.96. The fourth-order valence-corrected chi connectivity index (χ4v) is 6.32. The van der Waals surface area contributed by atoms with Gasteiger partial charge in [-0.15, -0.1) is 0 Å². The molecule has 192 valence electrons. The summed E-state index contributed by atoms with van der Waals surface area (Å²) in [5.41, 5.74) is 2.38. The summed E-state index contributed by atoms with van der Waals surface area (Å²) in [5, 5.41) is 19.4. The second-order valence-corrected chi connectivity index (χ2v) is 9.99. The highest BCUT2D eigenvalue weighted by molar-refractivity contribution is 6.23. The Kier molecular flexibility index (Phi) is 6.09. The van der Waals surface area contributed by atoms with E-state index in [1.54, 1.807) is 19.1 Å². The summed E-state index contributed by atoms with van der Waals surface area (Å²) in [6.45, 7) is 1.61. The van der Waals surface area contributed by atoms with Crippen LogP contribution in [0.15, 0.2) is 52.6 Å². The third-order valence-corrected chi connectivity index (χ3v) is 7.96. The number of nitrogens with zero attached hydrogens (tertiary/aromatic N) is 1. The molecular formula is C28H27NO8. The van der Waals surface area contributed by atoms with Crippen LogP contribution in [-0.4, -0.2) is 58.1 Å². The number of carboxylic acid groups (broad SMARTS) is 1. The molecule has 0 bridgehead atoms. The van der Waals surface area contributed by atoms with E-state index in [-0.39, 0.29) is 60.7 Å². The zero-order chi connectivity index (χ0) is 26.6. The van der Waals surface area contributed by atoms with Gasteiger partial charge in [-0.05, 0) is 55.9 Å². The Bertz CT molecular complexity index is 1350. The number of benzene rings is 1. The lowest BCUT2D eigenvalue weighted by Crippen LogP contribution is -2.39. The lowest BCUT2D eigenvalue weighted by Gasteiger charge is -2.42. The predicted octanol–water partition coefficient (Wildman–Crippen LogP) is 2.70. The first-order valence-corrected chi connectivity index (χ1v) is 12.3. The number of carboxylic acids is 1. The maximum atomic E-state index is 13.5. The minimum absolute atomic E-state index is 0.0298. The van der Waals surface area contributed by atoms with Crippen molar-refractivity contribution < 1.29 is 38.9 Å². The van der Waals surface area contributed by atoms with Crippen LogP contribution in [-0.2, 0) is 24.0 Å². The SMILES string of the molecule is COc1ccc(C2C3=CCC4C(=O)N(CCCC(=O)O)C(=O)C4C3CC3=C2C(=O)C=C(C)C3=O)cc1O. The number of aliphatic carboxylic acids is 1. The topological polar surface area (TPSA) is 138 Å². The average Bonchev–Trinajstić information content (AvgIpc) is 3.10. The molecule has 4 unspecified atom stereocenters. The maximum absolute atomic E-state index is 13.5. The molecule has 4 aliphatic rings. The van der Waals surface area contributed by atoms with Gasteiger partial charge in [-0.1, -0.05) is 17.7 Å². The summed E-state index contributed by atoms with van der Waals surface area (Å²) in [4.78, 5) is 65.3. The molecule has 1 aromatic carbocycles. The molecule has 1 saturated heterocycles. The number of aromatic hydroxyl groups is 1. The number of amides is 2. The molecule has 37 heavy (non-hydrogen) atoms. The molecule has 9 heteroatoms. The Hall–Kier alpha value is -4.01. The molecule has 3 aliphatic carbocycles. The Morgan fingerprint density at radius 3 is 2.57 bits per heavy atom. The smallest absolute Gasteiger partial charge is 0.303 e. The molecule has 9 nitrogen and oxygen atoms in total. The number of Topliss-reactive ketones (excluding diaryl/α,β-unsaturated/α-hetero) is 1. The number of carbonyl (C=O) groups is 5. The summed E-state index contributed by atoms with van der Waals surface area (Å²) in [5.74, 6) is -4.50. The lowest BCUT2D eigenvalue weighted by atomic mass is 9.59. The van der Waals surface area contributed by atoms with Crippen molar-refractivity contribution in [1.82, 2.24) is 4.90 Å². The molecule has 1 aromatic rings. The molecule has 0 aromatic heterocycles. The van der Waals surface area contributed by atoms with E-state index in [0.717, 1.165) is 10.5 Å². The molecule has 1 fully saturated rings. The molecule has 0 radical (unpaired) electrons. The van der Waals surface area contributed by atoms with E-state index in [1.165, 1.54) is 19.3 Å². The Morgan fingerprint density at radius 1 is 1.14 bits per heavy atom. The van der Waals surface area contributed by atoms with Gasteiger partial charge in [0.1, 0.15) is 0 Å². The summed E-state index contributed by atoms with van der Waals surface area (Å²) >= 11 is 0. The Balaban J connectivity index is 1.58. The molecule has 2 amide bonds. The van der Waals surface area contributed by atoms with Gasteiger partial charge in [0.05, 0.1) is 18.9 Å². The van der Waals surface area contributed by atoms with E-state index < -0.39 is 29.6 Å². The van der Waals surface area contributed by atoms with E-state index in [9.17, 15) is 29.1 Å². The summed E-state index contributed by atoms with van der Waals surface area (Å²) in [6.07, 6.45) is 3.71. The summed E-state index contributed by atoms with van der Waals surface area (Å²) < 4.78 is 5.16. The van der Waals surface area contributed by atoms with Crippen LogP contribution >= 0.6 is 0 Å². The first kappa shape index (κ1) is 24.7. The number of ketones is 2. The third kappa shape index (κ3) is 3.89. The summed E-state index contributed by atoms with van der Waals surface area (Å²) in [6, 6.07) is 4.82. The molecule has 0 saturated carbocycles. The van der Waals surface area contributed by atoms with E-state index in [0.29, 0.717) is 28.7 Å². The first-order valence-electron chi connectivity index (χ1n) is 12.3. The number of rotatable bonds is 6. The number of ether oxygens (including phenoxy) is 1. The molecule has 0 spiro atoms. The molecular weight excluding hydrogens is 478 g/mol. The predicted molar refractivity (Wildman–Crippen MR) is 130 cm³/mol. The molecule has 1 aliphatic heterocycles. The van der Waals surface area contributed by atoms with E-state index >= 15 is 0 Å². The fraction of sp³-hybridized carbons (Fsp3) is 0.393. The van der Waals surface area contributed by atoms with Gasteiger partial charge in [0.15, 0.2) is 23.1 Å². The second-order valence-electron chi connectivity index (χ2n) is 9.99. The molecule has 5 rings (SSSR count). The van der Waals surface area contributed by atoms with Crippen LogP contribution in [0.25, 0.3) is 0 Å². The number of phenolic OH excluding ortho intramolecular Hbond substituents is 1. The number of imide groups is 1. The van der Waals surface area contributed by atoms with Crippen LogP contribution in [0.4, 0.5) is 0 Å². The second kappa shape index (κ2) is 9.14. The van der Waals surface area contributed by atoms with Crippen molar-refractivity contribution in [2.75, 3.05) is 13.7 Å². The van der Waals surface area contributed by atoms with Crippen molar-refractivity contribution in [2.24, 2.45) is 17.8 Å². The monoisotopic (exact) mass is 505 g/mol. The van der Waals surface area contributed by atoms with Crippen LogP contribution in [0.3, 0.4) is 0 Å². The first-order chi connectivity index (χ1) is 17.6. The van der Waals surface area contributed by atoms with Gasteiger partial charge in [0.25, 0.3) is 0 Å². The number of allylic oxidation sites excluding steroid dienone is 6. The average molecular weight is 506 g/mol. The van der Waals surface area contributed by atoms with E-state index in [1.807, 2.05) is 6.08 Å². The van der Waals surface area contributed by atoms with Crippen molar-refractivity contribution in [3.63, 3.8) is 0 Å². The number of likely N-dealkylation sites (tertiary alicyclic amines) is 1. The quantitative estimate of drug-likeness (QED) is 0.342. The highest BCUT2D eigenvalue weighted by atomic mass is 16.5. The normalized spacial score (nSPS) is 26.9. The van der Waals surface area contributed by atoms with Gasteiger partial charge in [-0.2, -0.15) is 0 Å². The minimum atomic E-state index is -0.998. The van der Waals surface area contributed by atoms with Crippen molar-refractivity contribution >= 4 is 29.4 Å². The summed E-state index contributed by atoms with van der Waals surface area (Å²) in [7, 11) is 1.43. The van der Waals surface area contributed by atoms with Gasteiger partial charge in [0, 0.05) is 35.6 Å². The van der Waals surface area contributed by atoms with Crippen LogP contribution in [0.2, 0.25) is 0 Å². The van der Waals surface area contributed by atoms with Crippen molar-refractivity contribution in [3.05, 3.63) is 58.2 Å². The zero-order valence-electron chi connectivity index (χ0n) is 20.5. The van der Waals surface area contributed by atoms with Gasteiger partial charge in [-0.3, -0.25) is 28.9 Å². The largest absolute Gasteiger partial charge is 0.504 e.